The predicted molar refractivity (Wildman–Crippen MR) is 63.7 cm³/mol. The third kappa shape index (κ3) is 4.44. The molecule has 0 aliphatic heterocycles. The topological polar surface area (TPSA) is 46.3 Å². The van der Waals surface area contributed by atoms with Gasteiger partial charge in [0.2, 0.25) is 5.91 Å². The first-order valence-corrected chi connectivity index (χ1v) is 6.13. The van der Waals surface area contributed by atoms with Crippen molar-refractivity contribution >= 4 is 17.2 Å². The fourth-order valence-electron chi connectivity index (χ4n) is 1.36. The third-order valence-corrected chi connectivity index (χ3v) is 3.00. The first kappa shape index (κ1) is 12.2. The molecule has 1 aromatic rings. The van der Waals surface area contributed by atoms with E-state index in [0.717, 1.165) is 12.8 Å². The second kappa shape index (κ2) is 6.58. The fraction of sp³-hybridized carbons (Fsp3) is 0.545. The molecule has 0 bridgehead atoms. The molecule has 4 heteroatoms. The monoisotopic (exact) mass is 226 g/mol. The Hall–Kier alpha value is -0.870. The van der Waals surface area contributed by atoms with Gasteiger partial charge in [0, 0.05) is 20.0 Å². The number of nitrogens with two attached hydrogens (primary N) is 1. The second-order valence-electron chi connectivity index (χ2n) is 3.63. The van der Waals surface area contributed by atoms with Crippen LogP contribution in [0.3, 0.4) is 0 Å². The highest BCUT2D eigenvalue weighted by molar-refractivity contribution is 7.07. The van der Waals surface area contributed by atoms with Crippen molar-refractivity contribution in [2.45, 2.75) is 25.8 Å². The molecular formula is C11H18N2OS. The van der Waals surface area contributed by atoms with Gasteiger partial charge in [0.15, 0.2) is 0 Å². The number of nitrogens with zero attached hydrogens (tertiary/aromatic N) is 1. The Morgan fingerprint density at radius 2 is 2.33 bits per heavy atom. The highest BCUT2D eigenvalue weighted by Gasteiger charge is 2.08. The average Bonchev–Trinajstić information content (AvgIpc) is 2.70. The van der Waals surface area contributed by atoms with Gasteiger partial charge in [-0.15, -0.1) is 0 Å². The lowest BCUT2D eigenvalue weighted by atomic mass is 10.2. The van der Waals surface area contributed by atoms with Crippen molar-refractivity contribution < 1.29 is 4.79 Å². The summed E-state index contributed by atoms with van der Waals surface area (Å²) in [5, 5.41) is 4.10. The van der Waals surface area contributed by atoms with E-state index in [1.807, 2.05) is 18.5 Å². The Bertz CT molecular complexity index is 285. The van der Waals surface area contributed by atoms with Gasteiger partial charge in [0.25, 0.3) is 0 Å². The van der Waals surface area contributed by atoms with Crippen LogP contribution < -0.4 is 5.73 Å². The first-order valence-electron chi connectivity index (χ1n) is 5.19. The van der Waals surface area contributed by atoms with Crippen LogP contribution in [0, 0.1) is 0 Å². The van der Waals surface area contributed by atoms with Crippen molar-refractivity contribution in [1.82, 2.24) is 4.90 Å². The summed E-state index contributed by atoms with van der Waals surface area (Å²) in [5.41, 5.74) is 6.58. The zero-order chi connectivity index (χ0) is 11.1. The largest absolute Gasteiger partial charge is 0.341 e. The molecule has 1 amide bonds. The van der Waals surface area contributed by atoms with E-state index in [4.69, 9.17) is 5.73 Å². The first-order chi connectivity index (χ1) is 7.24. The molecule has 15 heavy (non-hydrogen) atoms. The second-order valence-corrected chi connectivity index (χ2v) is 4.41. The molecule has 0 atom stereocenters. The molecule has 0 aliphatic carbocycles. The van der Waals surface area contributed by atoms with Gasteiger partial charge in [-0.05, 0) is 41.8 Å². The number of hydrogen-bond donors (Lipinski definition) is 1. The zero-order valence-electron chi connectivity index (χ0n) is 9.11. The van der Waals surface area contributed by atoms with Crippen LogP contribution in [-0.4, -0.2) is 24.4 Å². The molecule has 0 fully saturated rings. The SMILES string of the molecule is CN(Cc1ccsc1)C(=O)CCCCN. The number of rotatable bonds is 6. The minimum absolute atomic E-state index is 0.203. The van der Waals surface area contributed by atoms with Crippen LogP contribution in [0.15, 0.2) is 16.8 Å². The maximum atomic E-state index is 11.6. The number of carbonyl (C=O) groups excluding carboxylic acids is 1. The van der Waals surface area contributed by atoms with E-state index in [9.17, 15) is 4.79 Å². The van der Waals surface area contributed by atoms with E-state index in [0.29, 0.717) is 19.5 Å². The minimum atomic E-state index is 0.203. The molecule has 0 radical (unpaired) electrons. The van der Waals surface area contributed by atoms with Gasteiger partial charge in [0.1, 0.15) is 0 Å². The molecule has 0 unspecified atom stereocenters. The van der Waals surface area contributed by atoms with E-state index < -0.39 is 0 Å². The van der Waals surface area contributed by atoms with E-state index in [-0.39, 0.29) is 5.91 Å². The van der Waals surface area contributed by atoms with Crippen LogP contribution in [0.5, 0.6) is 0 Å². The molecule has 0 aliphatic rings. The molecule has 1 heterocycles. The number of amides is 1. The van der Waals surface area contributed by atoms with Crippen LogP contribution in [0.4, 0.5) is 0 Å². The molecule has 1 rings (SSSR count). The summed E-state index contributed by atoms with van der Waals surface area (Å²) in [4.78, 5) is 13.4. The summed E-state index contributed by atoms with van der Waals surface area (Å²) in [6, 6.07) is 2.05. The summed E-state index contributed by atoms with van der Waals surface area (Å²) >= 11 is 1.66. The standard InChI is InChI=1S/C11H18N2OS/c1-13(8-10-5-7-15-9-10)11(14)4-2-3-6-12/h5,7,9H,2-4,6,8,12H2,1H3. The predicted octanol–water partition coefficient (Wildman–Crippen LogP) is 1.84. The Balaban J connectivity index is 2.27. The van der Waals surface area contributed by atoms with Gasteiger partial charge >= 0.3 is 0 Å². The van der Waals surface area contributed by atoms with Crippen LogP contribution >= 0.6 is 11.3 Å². The van der Waals surface area contributed by atoms with Gasteiger partial charge in [-0.2, -0.15) is 11.3 Å². The molecule has 0 saturated heterocycles. The molecule has 0 aromatic carbocycles. The summed E-state index contributed by atoms with van der Waals surface area (Å²) < 4.78 is 0. The Morgan fingerprint density at radius 3 is 2.93 bits per heavy atom. The molecule has 84 valence electrons. The molecule has 2 N–H and O–H groups in total. The van der Waals surface area contributed by atoms with Gasteiger partial charge < -0.3 is 10.6 Å². The zero-order valence-corrected chi connectivity index (χ0v) is 9.93. The van der Waals surface area contributed by atoms with Gasteiger partial charge in [-0.1, -0.05) is 0 Å². The Kier molecular flexibility index (Phi) is 5.36. The quantitative estimate of drug-likeness (QED) is 0.752. The summed E-state index contributed by atoms with van der Waals surface area (Å²) in [5.74, 6) is 0.203. The van der Waals surface area contributed by atoms with Crippen molar-refractivity contribution in [3.05, 3.63) is 22.4 Å². The normalized spacial score (nSPS) is 10.3. The van der Waals surface area contributed by atoms with Crippen LogP contribution in [0.2, 0.25) is 0 Å². The minimum Gasteiger partial charge on any atom is -0.341 e. The lowest BCUT2D eigenvalue weighted by Gasteiger charge is -2.16. The van der Waals surface area contributed by atoms with Crippen LogP contribution in [0.25, 0.3) is 0 Å². The Labute approximate surface area is 94.9 Å². The maximum absolute atomic E-state index is 11.6. The van der Waals surface area contributed by atoms with Crippen LogP contribution in [0.1, 0.15) is 24.8 Å². The van der Waals surface area contributed by atoms with Crippen molar-refractivity contribution in [1.29, 1.82) is 0 Å². The highest BCUT2D eigenvalue weighted by Crippen LogP contribution is 2.09. The molecule has 0 saturated carbocycles. The van der Waals surface area contributed by atoms with Gasteiger partial charge in [-0.3, -0.25) is 4.79 Å². The lowest BCUT2D eigenvalue weighted by molar-refractivity contribution is -0.130. The van der Waals surface area contributed by atoms with Gasteiger partial charge in [0.05, 0.1) is 0 Å². The summed E-state index contributed by atoms with van der Waals surface area (Å²) in [6.45, 7) is 1.38. The van der Waals surface area contributed by atoms with Crippen molar-refractivity contribution in [2.75, 3.05) is 13.6 Å². The summed E-state index contributed by atoms with van der Waals surface area (Å²) in [7, 11) is 1.85. The number of unbranched alkanes of at least 4 members (excludes halogenated alkanes) is 1. The van der Waals surface area contributed by atoms with E-state index in [1.54, 1.807) is 16.2 Å². The van der Waals surface area contributed by atoms with Crippen molar-refractivity contribution in [3.63, 3.8) is 0 Å². The molecule has 3 nitrogen and oxygen atoms in total. The average molecular weight is 226 g/mol. The Morgan fingerprint density at radius 1 is 1.53 bits per heavy atom. The van der Waals surface area contributed by atoms with Crippen molar-refractivity contribution in [2.24, 2.45) is 5.73 Å². The fourth-order valence-corrected chi connectivity index (χ4v) is 2.02. The highest BCUT2D eigenvalue weighted by atomic mass is 32.1. The molecule has 1 aromatic heterocycles. The molecular weight excluding hydrogens is 208 g/mol. The number of carbonyl (C=O) groups is 1. The number of thiophene rings is 1. The van der Waals surface area contributed by atoms with Crippen LogP contribution in [-0.2, 0) is 11.3 Å². The summed E-state index contributed by atoms with van der Waals surface area (Å²) in [6.07, 6.45) is 2.43. The lowest BCUT2D eigenvalue weighted by Crippen LogP contribution is -2.25. The van der Waals surface area contributed by atoms with Crippen molar-refractivity contribution in [3.8, 4) is 0 Å². The third-order valence-electron chi connectivity index (χ3n) is 2.27. The molecule has 0 spiro atoms. The van der Waals surface area contributed by atoms with E-state index in [1.165, 1.54) is 5.56 Å². The smallest absolute Gasteiger partial charge is 0.222 e. The van der Waals surface area contributed by atoms with E-state index >= 15 is 0 Å². The van der Waals surface area contributed by atoms with Gasteiger partial charge in [-0.25, -0.2) is 0 Å². The maximum Gasteiger partial charge on any atom is 0.222 e. The number of hydrogen-bond acceptors (Lipinski definition) is 3. The van der Waals surface area contributed by atoms with E-state index in [2.05, 4.69) is 5.38 Å².